The second kappa shape index (κ2) is 2.57. The lowest BCUT2D eigenvalue weighted by atomic mass is 10.5. The number of nitrogens with zero attached hydrogens (tertiary/aromatic N) is 3. The molecule has 0 spiro atoms. The molecular formula is C4H3N3OS. The van der Waals surface area contributed by atoms with Crippen LogP contribution in [0.3, 0.4) is 0 Å². The molecular weight excluding hydrogens is 138 g/mol. The first kappa shape index (κ1) is 6.19. The van der Waals surface area contributed by atoms with Gasteiger partial charge in [0.2, 0.25) is 5.12 Å². The van der Waals surface area contributed by atoms with E-state index in [2.05, 4.69) is 10.0 Å². The molecule has 0 radical (unpaired) electrons. The molecule has 9 heavy (non-hydrogen) atoms. The third-order valence-electron chi connectivity index (χ3n) is 0.820. The molecule has 0 aromatic heterocycles. The van der Waals surface area contributed by atoms with Crippen LogP contribution in [0.5, 0.6) is 0 Å². The van der Waals surface area contributed by atoms with Crippen LogP contribution in [0.1, 0.15) is 0 Å². The molecule has 0 unspecified atom stereocenters. The minimum Gasteiger partial charge on any atom is -0.282 e. The van der Waals surface area contributed by atoms with Gasteiger partial charge >= 0.3 is 0 Å². The van der Waals surface area contributed by atoms with Crippen molar-refractivity contribution in [3.8, 4) is 0 Å². The summed E-state index contributed by atoms with van der Waals surface area (Å²) in [6, 6.07) is 0. The molecule has 0 bridgehead atoms. The van der Waals surface area contributed by atoms with Crippen molar-refractivity contribution in [2.75, 3.05) is 5.75 Å². The third-order valence-corrected chi connectivity index (χ3v) is 1.66. The number of hydrogen-bond donors (Lipinski definition) is 0. The van der Waals surface area contributed by atoms with Gasteiger partial charge in [0.05, 0.1) is 0 Å². The number of hydrogen-bond acceptors (Lipinski definition) is 3. The largest absolute Gasteiger partial charge is 0.282 e. The van der Waals surface area contributed by atoms with Gasteiger partial charge in [-0.25, -0.2) is 0 Å². The van der Waals surface area contributed by atoms with Gasteiger partial charge < -0.3 is 0 Å². The highest BCUT2D eigenvalue weighted by Crippen LogP contribution is 2.19. The SMILES string of the molecule is [N-]=[N+]=NC1=CC(=O)SC1. The predicted octanol–water partition coefficient (Wildman–Crippen LogP) is 1.45. The number of rotatable bonds is 1. The Bertz CT molecular complexity index is 216. The van der Waals surface area contributed by atoms with Crippen molar-refractivity contribution in [2.24, 2.45) is 5.11 Å². The van der Waals surface area contributed by atoms with E-state index in [1.807, 2.05) is 0 Å². The van der Waals surface area contributed by atoms with Gasteiger partial charge in [-0.1, -0.05) is 16.9 Å². The Balaban J connectivity index is 2.73. The highest BCUT2D eigenvalue weighted by molar-refractivity contribution is 8.14. The van der Waals surface area contributed by atoms with Crippen molar-refractivity contribution in [1.29, 1.82) is 0 Å². The lowest BCUT2D eigenvalue weighted by Gasteiger charge is -1.79. The Morgan fingerprint density at radius 2 is 2.67 bits per heavy atom. The quantitative estimate of drug-likeness (QED) is 0.315. The van der Waals surface area contributed by atoms with Crippen molar-refractivity contribution in [3.05, 3.63) is 22.2 Å². The molecule has 4 nitrogen and oxygen atoms in total. The minimum atomic E-state index is -0.0302. The third kappa shape index (κ3) is 1.48. The fraction of sp³-hybridized carbons (Fsp3) is 0.250. The van der Waals surface area contributed by atoms with Crippen molar-refractivity contribution in [1.82, 2.24) is 0 Å². The van der Waals surface area contributed by atoms with Crippen LogP contribution in [-0.2, 0) is 4.79 Å². The summed E-state index contributed by atoms with van der Waals surface area (Å²) in [6.07, 6.45) is 1.35. The van der Waals surface area contributed by atoms with Gasteiger partial charge in [-0.2, -0.15) is 0 Å². The molecule has 0 saturated carbocycles. The van der Waals surface area contributed by atoms with Crippen LogP contribution in [0.4, 0.5) is 0 Å². The summed E-state index contributed by atoms with van der Waals surface area (Å²) in [5.41, 5.74) is 8.43. The van der Waals surface area contributed by atoms with E-state index in [4.69, 9.17) is 5.53 Å². The maximum absolute atomic E-state index is 10.4. The van der Waals surface area contributed by atoms with Gasteiger partial charge in [-0.15, -0.1) is 0 Å². The van der Waals surface area contributed by atoms with Crippen molar-refractivity contribution >= 4 is 16.9 Å². The van der Waals surface area contributed by atoms with Crippen LogP contribution in [-0.4, -0.2) is 10.9 Å². The molecule has 0 fully saturated rings. The molecule has 0 amide bonds. The van der Waals surface area contributed by atoms with Gasteiger partial charge in [-0.3, -0.25) is 4.79 Å². The summed E-state index contributed by atoms with van der Waals surface area (Å²) in [6.45, 7) is 0. The molecule has 1 aliphatic heterocycles. The van der Waals surface area contributed by atoms with Crippen molar-refractivity contribution in [3.63, 3.8) is 0 Å². The summed E-state index contributed by atoms with van der Waals surface area (Å²) in [4.78, 5) is 13.0. The Hall–Kier alpha value is -0.930. The predicted molar refractivity (Wildman–Crippen MR) is 34.7 cm³/mol. The second-order valence-corrected chi connectivity index (χ2v) is 2.41. The van der Waals surface area contributed by atoms with E-state index in [9.17, 15) is 4.79 Å². The Labute approximate surface area is 55.6 Å². The Kier molecular flexibility index (Phi) is 1.77. The number of carbonyl (C=O) groups is 1. The zero-order valence-corrected chi connectivity index (χ0v) is 5.26. The van der Waals surface area contributed by atoms with Crippen LogP contribution in [0.25, 0.3) is 10.4 Å². The normalized spacial score (nSPS) is 16.9. The number of azide groups is 1. The molecule has 0 saturated heterocycles. The van der Waals surface area contributed by atoms with E-state index in [1.165, 1.54) is 6.08 Å². The lowest BCUT2D eigenvalue weighted by Crippen LogP contribution is -1.72. The van der Waals surface area contributed by atoms with Crippen LogP contribution in [0, 0.1) is 0 Å². The summed E-state index contributed by atoms with van der Waals surface area (Å²) in [7, 11) is 0. The average Bonchev–Trinajstić information content (AvgIpc) is 2.17. The maximum Gasteiger partial charge on any atom is 0.212 e. The highest BCUT2D eigenvalue weighted by atomic mass is 32.2. The van der Waals surface area contributed by atoms with Gasteiger partial charge in [-0.05, 0) is 11.6 Å². The molecule has 0 N–H and O–H groups in total. The van der Waals surface area contributed by atoms with Crippen LogP contribution in [0.2, 0.25) is 0 Å². The van der Waals surface area contributed by atoms with Gasteiger partial charge in [0.1, 0.15) is 0 Å². The molecule has 1 aliphatic rings. The van der Waals surface area contributed by atoms with E-state index in [1.54, 1.807) is 0 Å². The zero-order chi connectivity index (χ0) is 6.69. The molecule has 0 atom stereocenters. The zero-order valence-electron chi connectivity index (χ0n) is 4.44. The second-order valence-electron chi connectivity index (χ2n) is 1.43. The highest BCUT2D eigenvalue weighted by Gasteiger charge is 2.09. The van der Waals surface area contributed by atoms with Crippen LogP contribution in [0.15, 0.2) is 16.9 Å². The van der Waals surface area contributed by atoms with Gasteiger partial charge in [0.25, 0.3) is 0 Å². The van der Waals surface area contributed by atoms with E-state index >= 15 is 0 Å². The van der Waals surface area contributed by atoms with E-state index in [0.29, 0.717) is 11.4 Å². The number of carbonyl (C=O) groups excluding carboxylic acids is 1. The fourth-order valence-electron chi connectivity index (χ4n) is 0.480. The van der Waals surface area contributed by atoms with Crippen molar-refractivity contribution in [2.45, 2.75) is 0 Å². The molecule has 46 valence electrons. The fourth-order valence-corrected chi connectivity index (χ4v) is 1.13. The first-order chi connectivity index (χ1) is 4.33. The summed E-state index contributed by atoms with van der Waals surface area (Å²) in [5.74, 6) is 0.517. The summed E-state index contributed by atoms with van der Waals surface area (Å²) >= 11 is 1.15. The Morgan fingerprint density at radius 3 is 3.11 bits per heavy atom. The summed E-state index contributed by atoms with van der Waals surface area (Å²) < 4.78 is 0. The first-order valence-corrected chi connectivity index (χ1v) is 3.24. The minimum absolute atomic E-state index is 0.0302. The molecule has 0 aromatic rings. The van der Waals surface area contributed by atoms with Crippen LogP contribution < -0.4 is 0 Å². The van der Waals surface area contributed by atoms with E-state index in [0.717, 1.165) is 11.8 Å². The molecule has 1 heterocycles. The molecule has 0 aliphatic carbocycles. The molecule has 0 aromatic carbocycles. The molecule has 5 heteroatoms. The maximum atomic E-state index is 10.4. The van der Waals surface area contributed by atoms with E-state index in [-0.39, 0.29) is 5.12 Å². The Morgan fingerprint density at radius 1 is 1.89 bits per heavy atom. The topological polar surface area (TPSA) is 65.8 Å². The van der Waals surface area contributed by atoms with Crippen LogP contribution >= 0.6 is 11.8 Å². The molecule has 1 rings (SSSR count). The average molecular weight is 141 g/mol. The standard InChI is InChI=1S/C4H3N3OS/c5-7-6-3-1-4(8)9-2-3/h1H,2H2. The summed E-state index contributed by atoms with van der Waals surface area (Å²) in [5, 5.41) is 3.24. The smallest absolute Gasteiger partial charge is 0.212 e. The monoisotopic (exact) mass is 141 g/mol. The van der Waals surface area contributed by atoms with Crippen molar-refractivity contribution < 1.29 is 4.79 Å². The first-order valence-electron chi connectivity index (χ1n) is 2.25. The van der Waals surface area contributed by atoms with Gasteiger partial charge in [0.15, 0.2) is 0 Å². The van der Waals surface area contributed by atoms with Gasteiger partial charge in [0, 0.05) is 16.4 Å². The lowest BCUT2D eigenvalue weighted by molar-refractivity contribution is -0.106. The van der Waals surface area contributed by atoms with E-state index < -0.39 is 0 Å². The number of thioether (sulfide) groups is 1.